The number of hydrogen-bond donors (Lipinski definition) is 0. The van der Waals surface area contributed by atoms with Crippen LogP contribution in [-0.4, -0.2) is 0 Å². The summed E-state index contributed by atoms with van der Waals surface area (Å²) < 4.78 is 0. The quantitative estimate of drug-likeness (QED) is 0.487. The first-order chi connectivity index (χ1) is 9.16. The molecule has 118 valence electrons. The molecule has 0 aliphatic heterocycles. The molecule has 0 bridgehead atoms. The van der Waals surface area contributed by atoms with Gasteiger partial charge in [0.05, 0.1) is 0 Å². The van der Waals surface area contributed by atoms with Gasteiger partial charge in [-0.25, -0.2) is 0 Å². The van der Waals surface area contributed by atoms with Gasteiger partial charge in [0.15, 0.2) is 0 Å². The zero-order valence-electron chi connectivity index (χ0n) is 15.3. The normalized spacial score (nSPS) is 57.6. The van der Waals surface area contributed by atoms with Crippen molar-refractivity contribution in [3.8, 4) is 0 Å². The van der Waals surface area contributed by atoms with E-state index < -0.39 is 0 Å². The molecule has 0 aromatic heterocycles. The predicted molar refractivity (Wildman–Crippen MR) is 89.7 cm³/mol. The molecule has 0 saturated heterocycles. The Labute approximate surface area is 128 Å². The SMILES string of the molecule is CC1CCCC(C)(C2(C)C(C)CC(C)C2C)C(C)C1C. The minimum Gasteiger partial charge on any atom is -0.0622 e. The van der Waals surface area contributed by atoms with Crippen LogP contribution < -0.4 is 0 Å². The van der Waals surface area contributed by atoms with Crippen molar-refractivity contribution in [2.75, 3.05) is 0 Å². The Morgan fingerprint density at radius 3 is 1.90 bits per heavy atom. The van der Waals surface area contributed by atoms with Gasteiger partial charge in [-0.2, -0.15) is 0 Å². The topological polar surface area (TPSA) is 0 Å². The Morgan fingerprint density at radius 1 is 0.800 bits per heavy atom. The van der Waals surface area contributed by atoms with E-state index in [1.54, 1.807) is 0 Å². The van der Waals surface area contributed by atoms with Gasteiger partial charge in [0.25, 0.3) is 0 Å². The predicted octanol–water partition coefficient (Wildman–Crippen LogP) is 6.40. The second-order valence-electron chi connectivity index (χ2n) is 9.12. The van der Waals surface area contributed by atoms with Gasteiger partial charge in [-0.15, -0.1) is 0 Å². The van der Waals surface area contributed by atoms with E-state index in [-0.39, 0.29) is 0 Å². The Hall–Kier alpha value is 0. The van der Waals surface area contributed by atoms with Gasteiger partial charge in [0.1, 0.15) is 0 Å². The molecule has 0 N–H and O–H groups in total. The minimum atomic E-state index is 0.515. The van der Waals surface area contributed by atoms with Crippen LogP contribution in [0.4, 0.5) is 0 Å². The molecule has 8 atom stereocenters. The maximum atomic E-state index is 2.65. The fraction of sp³-hybridized carbons (Fsp3) is 1.00. The highest BCUT2D eigenvalue weighted by Gasteiger charge is 2.58. The van der Waals surface area contributed by atoms with E-state index in [9.17, 15) is 0 Å². The summed E-state index contributed by atoms with van der Waals surface area (Å²) in [6, 6.07) is 0. The van der Waals surface area contributed by atoms with Gasteiger partial charge in [-0.1, -0.05) is 68.2 Å². The zero-order valence-corrected chi connectivity index (χ0v) is 15.3. The summed E-state index contributed by atoms with van der Waals surface area (Å²) in [5, 5.41) is 0. The van der Waals surface area contributed by atoms with Gasteiger partial charge in [0.2, 0.25) is 0 Å². The Morgan fingerprint density at radius 2 is 1.40 bits per heavy atom. The molecule has 0 amide bonds. The van der Waals surface area contributed by atoms with Crippen LogP contribution in [0.5, 0.6) is 0 Å². The standard InChI is InChI=1S/C20H38/c1-13-10-9-11-19(7,18(6)16(13)4)20(8)15(3)12-14(2)17(20)5/h13-18H,9-12H2,1-8H3. The van der Waals surface area contributed by atoms with Crippen molar-refractivity contribution in [1.82, 2.24) is 0 Å². The van der Waals surface area contributed by atoms with Crippen molar-refractivity contribution < 1.29 is 0 Å². The molecule has 20 heavy (non-hydrogen) atoms. The van der Waals surface area contributed by atoms with E-state index in [4.69, 9.17) is 0 Å². The Bertz CT molecular complexity index is 346. The third-order valence-corrected chi connectivity index (χ3v) is 8.83. The van der Waals surface area contributed by atoms with Crippen LogP contribution >= 0.6 is 0 Å². The van der Waals surface area contributed by atoms with Gasteiger partial charge in [-0.05, 0) is 59.2 Å². The fourth-order valence-corrected chi connectivity index (χ4v) is 6.24. The second kappa shape index (κ2) is 5.33. The van der Waals surface area contributed by atoms with E-state index in [0.29, 0.717) is 10.8 Å². The highest BCUT2D eigenvalue weighted by molar-refractivity contribution is 5.07. The zero-order chi connectivity index (χ0) is 15.3. The first-order valence-corrected chi connectivity index (χ1v) is 9.16. The van der Waals surface area contributed by atoms with Crippen molar-refractivity contribution in [2.24, 2.45) is 46.3 Å². The van der Waals surface area contributed by atoms with Crippen molar-refractivity contribution in [3.63, 3.8) is 0 Å². The fourth-order valence-electron chi connectivity index (χ4n) is 6.24. The van der Waals surface area contributed by atoms with Crippen molar-refractivity contribution >= 4 is 0 Å². The summed E-state index contributed by atoms with van der Waals surface area (Å²) in [4.78, 5) is 0. The lowest BCUT2D eigenvalue weighted by atomic mass is 9.50. The molecule has 2 rings (SSSR count). The molecule has 2 aliphatic rings. The molecule has 0 aromatic rings. The second-order valence-corrected chi connectivity index (χ2v) is 9.12. The first-order valence-electron chi connectivity index (χ1n) is 9.16. The van der Waals surface area contributed by atoms with Gasteiger partial charge >= 0.3 is 0 Å². The molecular formula is C20H38. The van der Waals surface area contributed by atoms with Crippen LogP contribution in [0.1, 0.15) is 81.1 Å². The highest BCUT2D eigenvalue weighted by atomic mass is 14.6. The third-order valence-electron chi connectivity index (χ3n) is 8.83. The lowest BCUT2D eigenvalue weighted by Gasteiger charge is -2.55. The van der Waals surface area contributed by atoms with Gasteiger partial charge in [-0.3, -0.25) is 0 Å². The van der Waals surface area contributed by atoms with Crippen LogP contribution in [0.15, 0.2) is 0 Å². The van der Waals surface area contributed by atoms with Crippen LogP contribution in [0.3, 0.4) is 0 Å². The molecule has 0 heterocycles. The molecule has 0 aromatic carbocycles. The van der Waals surface area contributed by atoms with Crippen molar-refractivity contribution in [2.45, 2.75) is 81.1 Å². The average molecular weight is 279 g/mol. The van der Waals surface area contributed by atoms with Crippen LogP contribution in [0.25, 0.3) is 0 Å². The molecule has 2 saturated carbocycles. The van der Waals surface area contributed by atoms with Gasteiger partial charge in [0, 0.05) is 0 Å². The summed E-state index contributed by atoms with van der Waals surface area (Å²) in [6.45, 7) is 20.4. The monoisotopic (exact) mass is 278 g/mol. The lowest BCUT2D eigenvalue weighted by Crippen LogP contribution is -2.49. The van der Waals surface area contributed by atoms with E-state index in [0.717, 1.165) is 35.5 Å². The highest BCUT2D eigenvalue weighted by Crippen LogP contribution is 2.65. The van der Waals surface area contributed by atoms with E-state index in [1.165, 1.54) is 25.7 Å². The minimum absolute atomic E-state index is 0.515. The van der Waals surface area contributed by atoms with Crippen LogP contribution in [-0.2, 0) is 0 Å². The van der Waals surface area contributed by atoms with Crippen molar-refractivity contribution in [3.05, 3.63) is 0 Å². The molecule has 0 heteroatoms. The Balaban J connectivity index is 2.42. The van der Waals surface area contributed by atoms with Gasteiger partial charge < -0.3 is 0 Å². The number of rotatable bonds is 1. The third kappa shape index (κ3) is 2.08. The van der Waals surface area contributed by atoms with Crippen LogP contribution in [0.2, 0.25) is 0 Å². The summed E-state index contributed by atoms with van der Waals surface area (Å²) in [5.41, 5.74) is 1.03. The summed E-state index contributed by atoms with van der Waals surface area (Å²) in [5.74, 6) is 5.26. The molecule has 0 nitrogen and oxygen atoms in total. The Kier molecular flexibility index (Phi) is 4.36. The van der Waals surface area contributed by atoms with Crippen LogP contribution in [0, 0.1) is 46.3 Å². The largest absolute Gasteiger partial charge is 0.0622 e. The smallest absolute Gasteiger partial charge is 0.0215 e. The number of hydrogen-bond acceptors (Lipinski definition) is 0. The first kappa shape index (κ1) is 16.4. The lowest BCUT2D eigenvalue weighted by molar-refractivity contribution is -0.0682. The van der Waals surface area contributed by atoms with E-state index >= 15 is 0 Å². The molecule has 2 aliphatic carbocycles. The van der Waals surface area contributed by atoms with E-state index in [2.05, 4.69) is 55.4 Å². The molecule has 0 radical (unpaired) electrons. The summed E-state index contributed by atoms with van der Waals surface area (Å²) in [6.07, 6.45) is 5.76. The van der Waals surface area contributed by atoms with E-state index in [1.807, 2.05) is 0 Å². The molecule has 2 fully saturated rings. The average Bonchev–Trinajstić information content (AvgIpc) is 2.54. The van der Waals surface area contributed by atoms with Crippen molar-refractivity contribution in [1.29, 1.82) is 0 Å². The maximum Gasteiger partial charge on any atom is -0.0215 e. The summed E-state index contributed by atoms with van der Waals surface area (Å²) >= 11 is 0. The maximum absolute atomic E-state index is 2.65. The molecular weight excluding hydrogens is 240 g/mol. The molecule has 8 unspecified atom stereocenters. The summed E-state index contributed by atoms with van der Waals surface area (Å²) in [7, 11) is 0. The molecule has 0 spiro atoms.